The Balaban J connectivity index is 0.00000225. The lowest BCUT2D eigenvalue weighted by molar-refractivity contribution is -0.384. The molecular formula is C14H22ClN7O3. The van der Waals surface area contributed by atoms with Gasteiger partial charge in [-0.25, -0.2) is 4.68 Å². The largest absolute Gasteiger partial charge is 0.353 e. The van der Waals surface area contributed by atoms with E-state index >= 15 is 0 Å². The molecule has 11 heteroatoms. The molecule has 0 saturated heterocycles. The molecule has 1 aliphatic carbocycles. The summed E-state index contributed by atoms with van der Waals surface area (Å²) in [5.74, 6) is 1.19. The van der Waals surface area contributed by atoms with Crippen molar-refractivity contribution in [1.29, 1.82) is 0 Å². The van der Waals surface area contributed by atoms with Crippen LogP contribution in [0.3, 0.4) is 0 Å². The van der Waals surface area contributed by atoms with Crippen molar-refractivity contribution in [3.05, 3.63) is 27.5 Å². The number of nitrogens with one attached hydrogen (secondary N) is 1. The fourth-order valence-corrected chi connectivity index (χ4v) is 2.89. The summed E-state index contributed by atoms with van der Waals surface area (Å²) >= 11 is 0. The Morgan fingerprint density at radius 2 is 2.20 bits per heavy atom. The molecule has 1 saturated carbocycles. The average molecular weight is 372 g/mol. The van der Waals surface area contributed by atoms with Crippen molar-refractivity contribution in [2.45, 2.75) is 51.1 Å². The van der Waals surface area contributed by atoms with E-state index in [1.807, 2.05) is 6.92 Å². The highest BCUT2D eigenvalue weighted by Gasteiger charge is 2.39. The summed E-state index contributed by atoms with van der Waals surface area (Å²) in [7, 11) is 1.65. The van der Waals surface area contributed by atoms with Gasteiger partial charge >= 0.3 is 5.69 Å². The Bertz CT molecular complexity index is 769. The Kier molecular flexibility index (Phi) is 5.33. The molecule has 1 aliphatic rings. The van der Waals surface area contributed by atoms with Gasteiger partial charge in [0, 0.05) is 7.05 Å². The molecule has 1 fully saturated rings. The van der Waals surface area contributed by atoms with Crippen molar-refractivity contribution in [3.63, 3.8) is 0 Å². The summed E-state index contributed by atoms with van der Waals surface area (Å²) in [4.78, 5) is 15.3. The van der Waals surface area contributed by atoms with Gasteiger partial charge in [-0.05, 0) is 32.6 Å². The van der Waals surface area contributed by atoms with Gasteiger partial charge in [0.15, 0.2) is 5.82 Å². The van der Waals surface area contributed by atoms with Gasteiger partial charge in [0.05, 0.1) is 10.5 Å². The molecule has 3 N–H and O–H groups in total. The second-order valence-corrected chi connectivity index (χ2v) is 6.23. The van der Waals surface area contributed by atoms with Crippen LogP contribution in [0, 0.1) is 17.0 Å². The third-order valence-corrected chi connectivity index (χ3v) is 4.52. The molecule has 3 rings (SSSR count). The lowest BCUT2D eigenvalue weighted by Crippen LogP contribution is -2.44. The SMILES string of the molecule is CCC(Nc1c([N+](=O)[O-])c(C)nn1C)c1nc(C2(N)CCC2)no1.Cl. The van der Waals surface area contributed by atoms with Crippen LogP contribution in [0.4, 0.5) is 11.5 Å². The molecule has 2 aromatic rings. The summed E-state index contributed by atoms with van der Waals surface area (Å²) in [5.41, 5.74) is 6.01. The quantitative estimate of drug-likeness (QED) is 0.582. The van der Waals surface area contributed by atoms with E-state index < -0.39 is 10.5 Å². The van der Waals surface area contributed by atoms with E-state index in [-0.39, 0.29) is 24.1 Å². The molecule has 2 heterocycles. The van der Waals surface area contributed by atoms with E-state index in [2.05, 4.69) is 20.6 Å². The maximum atomic E-state index is 11.3. The fourth-order valence-electron chi connectivity index (χ4n) is 2.89. The fraction of sp³-hybridized carbons (Fsp3) is 0.643. The number of nitrogens with two attached hydrogens (primary N) is 1. The van der Waals surface area contributed by atoms with E-state index in [1.54, 1.807) is 14.0 Å². The van der Waals surface area contributed by atoms with Crippen LogP contribution in [-0.2, 0) is 12.6 Å². The Labute approximate surface area is 150 Å². The van der Waals surface area contributed by atoms with Gasteiger partial charge in [0.2, 0.25) is 11.7 Å². The number of rotatable bonds is 6. The van der Waals surface area contributed by atoms with Crippen molar-refractivity contribution in [1.82, 2.24) is 19.9 Å². The van der Waals surface area contributed by atoms with Crippen LogP contribution >= 0.6 is 12.4 Å². The summed E-state index contributed by atoms with van der Waals surface area (Å²) < 4.78 is 6.80. The predicted octanol–water partition coefficient (Wildman–Crippen LogP) is 2.34. The van der Waals surface area contributed by atoms with Gasteiger partial charge in [-0.15, -0.1) is 12.4 Å². The Morgan fingerprint density at radius 1 is 1.52 bits per heavy atom. The molecule has 0 aliphatic heterocycles. The van der Waals surface area contributed by atoms with Gasteiger partial charge in [0.25, 0.3) is 0 Å². The minimum absolute atomic E-state index is 0. The summed E-state index contributed by atoms with van der Waals surface area (Å²) in [6.45, 7) is 3.53. The molecule has 0 aromatic carbocycles. The number of aromatic nitrogens is 4. The first kappa shape index (κ1) is 19.1. The normalized spacial score (nSPS) is 16.6. The summed E-state index contributed by atoms with van der Waals surface area (Å²) in [6, 6.07) is -0.358. The number of halogens is 1. The number of hydrogen-bond donors (Lipinski definition) is 2. The molecule has 0 bridgehead atoms. The van der Waals surface area contributed by atoms with Crippen LogP contribution in [0.5, 0.6) is 0 Å². The van der Waals surface area contributed by atoms with Gasteiger partial charge in [-0.2, -0.15) is 10.1 Å². The van der Waals surface area contributed by atoms with Gasteiger partial charge in [-0.3, -0.25) is 10.1 Å². The number of anilines is 1. The monoisotopic (exact) mass is 371 g/mol. The molecule has 0 spiro atoms. The molecule has 0 amide bonds. The minimum Gasteiger partial charge on any atom is -0.353 e. The second-order valence-electron chi connectivity index (χ2n) is 6.23. The highest BCUT2D eigenvalue weighted by molar-refractivity contribution is 5.85. The molecule has 2 aromatic heterocycles. The first-order valence-electron chi connectivity index (χ1n) is 7.93. The highest BCUT2D eigenvalue weighted by Crippen LogP contribution is 2.38. The third-order valence-electron chi connectivity index (χ3n) is 4.52. The second kappa shape index (κ2) is 6.96. The van der Waals surface area contributed by atoms with Crippen molar-refractivity contribution in [2.24, 2.45) is 12.8 Å². The predicted molar refractivity (Wildman–Crippen MR) is 92.5 cm³/mol. The van der Waals surface area contributed by atoms with Crippen LogP contribution < -0.4 is 11.1 Å². The smallest absolute Gasteiger partial charge is 0.333 e. The van der Waals surface area contributed by atoms with Gasteiger partial charge < -0.3 is 15.6 Å². The zero-order valence-electron chi connectivity index (χ0n) is 14.4. The third kappa shape index (κ3) is 3.31. The number of aryl methyl sites for hydroxylation is 2. The minimum atomic E-state index is -0.505. The first-order valence-corrected chi connectivity index (χ1v) is 7.93. The zero-order chi connectivity index (χ0) is 17.5. The van der Waals surface area contributed by atoms with Crippen LogP contribution in [-0.4, -0.2) is 24.8 Å². The van der Waals surface area contributed by atoms with Crippen LogP contribution in [0.25, 0.3) is 0 Å². The maximum Gasteiger partial charge on any atom is 0.333 e. The average Bonchev–Trinajstić information content (AvgIpc) is 3.07. The number of nitro groups is 1. The maximum absolute atomic E-state index is 11.3. The topological polar surface area (TPSA) is 138 Å². The van der Waals surface area contributed by atoms with Crippen LogP contribution in [0.15, 0.2) is 4.52 Å². The standard InChI is InChI=1S/C14H21N7O3.ClH/c1-4-9(12-17-13(19-24-12)14(15)6-5-7-14)16-11-10(21(22)23)8(2)18-20(11)3;/h9,16H,4-7,15H2,1-3H3;1H. The molecule has 138 valence electrons. The summed E-state index contributed by atoms with van der Waals surface area (Å²) in [6.07, 6.45) is 3.34. The Hall–Kier alpha value is -2.20. The van der Waals surface area contributed by atoms with E-state index in [4.69, 9.17) is 10.3 Å². The van der Waals surface area contributed by atoms with Crippen molar-refractivity contribution >= 4 is 23.9 Å². The highest BCUT2D eigenvalue weighted by atomic mass is 35.5. The van der Waals surface area contributed by atoms with Crippen molar-refractivity contribution in [3.8, 4) is 0 Å². The first-order chi connectivity index (χ1) is 11.4. The lowest BCUT2D eigenvalue weighted by Gasteiger charge is -2.34. The van der Waals surface area contributed by atoms with Crippen LogP contribution in [0.1, 0.15) is 56.1 Å². The number of hydrogen-bond acceptors (Lipinski definition) is 8. The molecule has 1 atom stereocenters. The summed E-state index contributed by atoms with van der Waals surface area (Å²) in [5, 5.41) is 22.5. The number of nitrogens with zero attached hydrogens (tertiary/aromatic N) is 5. The van der Waals surface area contributed by atoms with E-state index in [9.17, 15) is 10.1 Å². The van der Waals surface area contributed by atoms with Gasteiger partial charge in [-0.1, -0.05) is 12.1 Å². The van der Waals surface area contributed by atoms with E-state index in [1.165, 1.54) is 4.68 Å². The molecule has 25 heavy (non-hydrogen) atoms. The van der Waals surface area contributed by atoms with E-state index in [0.29, 0.717) is 29.6 Å². The molecular weight excluding hydrogens is 350 g/mol. The van der Waals surface area contributed by atoms with E-state index in [0.717, 1.165) is 19.3 Å². The van der Waals surface area contributed by atoms with Crippen molar-refractivity contribution < 1.29 is 9.45 Å². The van der Waals surface area contributed by atoms with Crippen molar-refractivity contribution in [2.75, 3.05) is 5.32 Å². The zero-order valence-corrected chi connectivity index (χ0v) is 15.2. The molecule has 10 nitrogen and oxygen atoms in total. The Morgan fingerprint density at radius 3 is 2.72 bits per heavy atom. The molecule has 1 unspecified atom stereocenters. The van der Waals surface area contributed by atoms with Gasteiger partial charge in [0.1, 0.15) is 11.7 Å². The molecule has 0 radical (unpaired) electrons. The van der Waals surface area contributed by atoms with Crippen LogP contribution in [0.2, 0.25) is 0 Å². The lowest BCUT2D eigenvalue weighted by atomic mass is 9.77.